The molecule has 0 aromatic carbocycles. The molecule has 4 atom stereocenters. The first kappa shape index (κ1) is 40.7. The first-order valence-corrected chi connectivity index (χ1v) is 13.5. The number of hydrogen-bond acceptors (Lipinski definition) is 7. The molecular formula is C20H30BF6N6O4S2. The van der Waals surface area contributed by atoms with Crippen LogP contribution in [0.1, 0.15) is 61.7 Å². The summed E-state index contributed by atoms with van der Waals surface area (Å²) in [5.41, 5.74) is -1.48. The number of alkyl halides is 6. The minimum absolute atomic E-state index is 0. The fourth-order valence-electron chi connectivity index (χ4n) is 2.43. The van der Waals surface area contributed by atoms with Gasteiger partial charge in [-0.15, -0.1) is 0 Å². The van der Waals surface area contributed by atoms with Crippen molar-refractivity contribution in [3.05, 3.63) is 69.3 Å². The Morgan fingerprint density at radius 3 is 1.41 bits per heavy atom. The summed E-state index contributed by atoms with van der Waals surface area (Å²) in [5, 5.41) is 7.67. The molecule has 39 heavy (non-hydrogen) atoms. The fraction of sp³-hybridized carbons (Fsp3) is 0.500. The number of nitro groups is 1. The van der Waals surface area contributed by atoms with Gasteiger partial charge in [-0.3, -0.25) is 9.97 Å². The summed E-state index contributed by atoms with van der Waals surface area (Å²) in [6, 6.07) is 3.89. The smallest absolute Gasteiger partial charge is 0.251 e. The molecule has 19 heteroatoms. The highest BCUT2D eigenvalue weighted by Gasteiger charge is 2.33. The maximum Gasteiger partial charge on any atom is 0.433 e. The Morgan fingerprint density at radius 1 is 0.846 bits per heavy atom. The van der Waals surface area contributed by atoms with Crippen LogP contribution in [0.3, 0.4) is 0 Å². The first-order chi connectivity index (χ1) is 16.2. The number of nitrogens with zero attached hydrogens (tertiary/aromatic N) is 5. The first-order valence-electron chi connectivity index (χ1n) is 9.54. The molecule has 0 aliphatic carbocycles. The number of nitrogens with two attached hydrogens (primary N) is 1. The van der Waals surface area contributed by atoms with Crippen LogP contribution in [0.25, 0.3) is 0 Å². The number of halogens is 6. The maximum absolute atomic E-state index is 12.3. The molecule has 0 fully saturated rings. The molecule has 0 saturated heterocycles. The Kier molecular flexibility index (Phi) is 15.8. The predicted octanol–water partition coefficient (Wildman–Crippen LogP) is 5.48. The van der Waals surface area contributed by atoms with Crippen LogP contribution < -0.4 is 5.84 Å². The van der Waals surface area contributed by atoms with Crippen LogP contribution in [0.2, 0.25) is 0 Å². The minimum atomic E-state index is -4.57. The minimum Gasteiger partial charge on any atom is -0.251 e. The van der Waals surface area contributed by atoms with E-state index in [0.29, 0.717) is 5.56 Å². The predicted molar refractivity (Wildman–Crippen MR) is 139 cm³/mol. The highest BCUT2D eigenvalue weighted by Crippen LogP contribution is 2.30. The average molecular weight is 607 g/mol. The maximum atomic E-state index is 12.3. The second kappa shape index (κ2) is 15.1. The SMILES string of the molecule is C.C.CC(c1ccc(C(F)(F)F)nc1)S(C)(=O)=NN.CC(c1ccc(C(F)(F)F)nc1)S(C)(=O)=N[N+](=O)[O-].[B]. The molecule has 0 spiro atoms. The van der Waals surface area contributed by atoms with E-state index in [0.717, 1.165) is 36.8 Å². The van der Waals surface area contributed by atoms with Gasteiger partial charge in [-0.2, -0.15) is 30.8 Å². The van der Waals surface area contributed by atoms with E-state index in [1.54, 1.807) is 6.92 Å². The Morgan fingerprint density at radius 2 is 1.18 bits per heavy atom. The van der Waals surface area contributed by atoms with Crippen LogP contribution in [0.15, 0.2) is 45.6 Å². The summed E-state index contributed by atoms with van der Waals surface area (Å²) < 4.78 is 104. The quantitative estimate of drug-likeness (QED) is 0.155. The van der Waals surface area contributed by atoms with E-state index in [9.17, 15) is 44.9 Å². The van der Waals surface area contributed by atoms with Crippen molar-refractivity contribution in [2.45, 2.75) is 51.6 Å². The summed E-state index contributed by atoms with van der Waals surface area (Å²) >= 11 is 0. The lowest BCUT2D eigenvalue weighted by Crippen LogP contribution is -2.12. The van der Waals surface area contributed by atoms with E-state index in [2.05, 4.69) is 18.9 Å². The molecule has 2 rings (SSSR count). The second-order valence-corrected chi connectivity index (χ2v) is 12.6. The van der Waals surface area contributed by atoms with Crippen LogP contribution in [-0.2, 0) is 31.8 Å². The summed E-state index contributed by atoms with van der Waals surface area (Å²) in [6.07, 6.45) is -4.70. The van der Waals surface area contributed by atoms with Crippen molar-refractivity contribution in [2.24, 2.45) is 14.8 Å². The molecule has 2 aromatic heterocycles. The zero-order chi connectivity index (χ0) is 28.1. The van der Waals surface area contributed by atoms with Gasteiger partial charge in [0.05, 0.1) is 20.2 Å². The summed E-state index contributed by atoms with van der Waals surface area (Å²) in [4.78, 5) is 16.7. The Bertz CT molecular complexity index is 1310. The average Bonchev–Trinajstić information content (AvgIpc) is 2.76. The molecule has 0 saturated carbocycles. The molecule has 2 aromatic rings. The number of pyridine rings is 2. The van der Waals surface area contributed by atoms with E-state index >= 15 is 0 Å². The fourth-order valence-corrected chi connectivity index (χ4v) is 4.30. The second-order valence-electron chi connectivity index (χ2n) is 7.38. The highest BCUT2D eigenvalue weighted by atomic mass is 32.2. The molecule has 0 aliphatic rings. The molecule has 4 unspecified atom stereocenters. The van der Waals surface area contributed by atoms with Gasteiger partial charge in [0.25, 0.3) is 0 Å². The van der Waals surface area contributed by atoms with Gasteiger partial charge in [-0.1, -0.05) is 27.0 Å². The molecule has 0 amide bonds. The van der Waals surface area contributed by atoms with Gasteiger partial charge in [-0.25, -0.2) is 24.4 Å². The zero-order valence-corrected chi connectivity index (χ0v) is 21.4. The molecule has 221 valence electrons. The third kappa shape index (κ3) is 11.9. The van der Waals surface area contributed by atoms with Crippen molar-refractivity contribution < 1.29 is 39.8 Å². The van der Waals surface area contributed by atoms with Crippen molar-refractivity contribution >= 4 is 27.9 Å². The Labute approximate surface area is 225 Å². The van der Waals surface area contributed by atoms with Crippen LogP contribution in [0, 0.1) is 10.1 Å². The molecule has 0 bridgehead atoms. The standard InChI is InChI=1S/C9H10F3N3O3S.C9H12F3N3OS.2CH4.B/c1-6(19(2,18)14-15(16)17)7-3-4-8(13-5-7)9(10,11)12;1-6(17(2,16)15-13)7-3-4-8(14-5-7)9(10,11)12;;;/h3-6H,1-2H3;3-6H,13H2,1-2H3;2*1H4;. The van der Waals surface area contributed by atoms with Crippen LogP contribution >= 0.6 is 0 Å². The van der Waals surface area contributed by atoms with E-state index in [1.807, 2.05) is 0 Å². The van der Waals surface area contributed by atoms with E-state index in [4.69, 9.17) is 5.84 Å². The van der Waals surface area contributed by atoms with Gasteiger partial charge >= 0.3 is 12.4 Å². The molecule has 2 N–H and O–H groups in total. The zero-order valence-electron chi connectivity index (χ0n) is 19.7. The lowest BCUT2D eigenvalue weighted by Gasteiger charge is -2.13. The molecule has 0 aliphatic heterocycles. The highest BCUT2D eigenvalue weighted by molar-refractivity contribution is 7.93. The summed E-state index contributed by atoms with van der Waals surface area (Å²) in [7, 11) is -5.87. The van der Waals surface area contributed by atoms with Crippen molar-refractivity contribution in [2.75, 3.05) is 12.5 Å². The molecule has 3 radical (unpaired) electrons. The third-order valence-electron chi connectivity index (χ3n) is 4.84. The van der Waals surface area contributed by atoms with E-state index in [1.165, 1.54) is 19.2 Å². The van der Waals surface area contributed by atoms with Crippen molar-refractivity contribution in [3.63, 3.8) is 0 Å². The Hall–Kier alpha value is -2.80. The van der Waals surface area contributed by atoms with Gasteiger partial charge in [-0.05, 0) is 37.1 Å². The third-order valence-corrected chi connectivity index (χ3v) is 8.89. The lowest BCUT2D eigenvalue weighted by molar-refractivity contribution is -0.482. The van der Waals surface area contributed by atoms with Crippen molar-refractivity contribution in [1.82, 2.24) is 9.97 Å². The van der Waals surface area contributed by atoms with Crippen LogP contribution in [0.5, 0.6) is 0 Å². The van der Waals surface area contributed by atoms with Gasteiger partial charge in [0, 0.05) is 33.3 Å². The van der Waals surface area contributed by atoms with Gasteiger partial charge < -0.3 is 0 Å². The monoisotopic (exact) mass is 607 g/mol. The van der Waals surface area contributed by atoms with E-state index in [-0.39, 0.29) is 28.8 Å². The van der Waals surface area contributed by atoms with Gasteiger partial charge in [0.2, 0.25) is 0 Å². The molecule has 2 heterocycles. The number of rotatable bonds is 5. The molecule has 10 nitrogen and oxygen atoms in total. The van der Waals surface area contributed by atoms with Gasteiger partial charge in [0.15, 0.2) is 5.03 Å². The van der Waals surface area contributed by atoms with Gasteiger partial charge in [0.1, 0.15) is 25.6 Å². The number of aromatic nitrogens is 2. The summed E-state index contributed by atoms with van der Waals surface area (Å²) in [6.45, 7) is 2.95. The molecular weight excluding hydrogens is 577 g/mol. The van der Waals surface area contributed by atoms with Crippen LogP contribution in [0.4, 0.5) is 26.3 Å². The largest absolute Gasteiger partial charge is 0.433 e. The topological polar surface area (TPSA) is 154 Å². The van der Waals surface area contributed by atoms with Crippen molar-refractivity contribution in [3.8, 4) is 0 Å². The normalized spacial score (nSPS) is 15.6. The lowest BCUT2D eigenvalue weighted by atomic mass is 10.2. The number of hydrogen-bond donors (Lipinski definition) is 1. The van der Waals surface area contributed by atoms with Crippen molar-refractivity contribution in [1.29, 1.82) is 0 Å². The summed E-state index contributed by atoms with van der Waals surface area (Å²) in [5.74, 6) is 4.99. The Balaban J connectivity index is -0.000000620. The van der Waals surface area contributed by atoms with Crippen LogP contribution in [-0.4, -0.2) is 44.3 Å². The van der Waals surface area contributed by atoms with E-state index < -0.39 is 58.7 Å².